The van der Waals surface area contributed by atoms with E-state index in [1.807, 2.05) is 0 Å². The Labute approximate surface area is 86.5 Å². The molecule has 0 aromatic heterocycles. The fourth-order valence-electron chi connectivity index (χ4n) is 1.50. The van der Waals surface area contributed by atoms with Crippen molar-refractivity contribution < 1.29 is 14.6 Å². The molecule has 0 amide bonds. The Hall–Kier alpha value is -0.570. The number of carbonyl (C=O) groups is 1. The summed E-state index contributed by atoms with van der Waals surface area (Å²) in [6, 6.07) is 0. The lowest BCUT2D eigenvalue weighted by molar-refractivity contribution is -0.146. The van der Waals surface area contributed by atoms with E-state index >= 15 is 0 Å². The van der Waals surface area contributed by atoms with Crippen molar-refractivity contribution in [3.8, 4) is 0 Å². The predicted molar refractivity (Wildman–Crippen MR) is 55.9 cm³/mol. The minimum Gasteiger partial charge on any atom is -0.469 e. The van der Waals surface area contributed by atoms with Crippen LogP contribution in [0.5, 0.6) is 0 Å². The molecule has 0 aromatic carbocycles. The maximum absolute atomic E-state index is 11.1. The molecule has 0 fully saturated rings. The highest BCUT2D eigenvalue weighted by atomic mass is 16.5. The monoisotopic (exact) mass is 202 g/mol. The van der Waals surface area contributed by atoms with E-state index in [2.05, 4.69) is 25.5 Å². The van der Waals surface area contributed by atoms with Gasteiger partial charge in [0, 0.05) is 0 Å². The van der Waals surface area contributed by atoms with Crippen molar-refractivity contribution in [2.24, 2.45) is 11.3 Å². The van der Waals surface area contributed by atoms with Crippen LogP contribution < -0.4 is 0 Å². The number of carbonyl (C=O) groups excluding carboxylic acids is 1. The summed E-state index contributed by atoms with van der Waals surface area (Å²) in [4.78, 5) is 11.1. The van der Waals surface area contributed by atoms with Crippen LogP contribution in [0.15, 0.2) is 0 Å². The molecule has 84 valence electrons. The first kappa shape index (κ1) is 13.4. The van der Waals surface area contributed by atoms with Crippen LogP contribution in [0.25, 0.3) is 0 Å². The highest BCUT2D eigenvalue weighted by Crippen LogP contribution is 2.23. The number of rotatable bonds is 4. The summed E-state index contributed by atoms with van der Waals surface area (Å²) in [5.41, 5.74) is 0.0925. The molecule has 0 radical (unpaired) electrons. The third-order valence-electron chi connectivity index (χ3n) is 2.08. The molecular formula is C11H22O3. The van der Waals surface area contributed by atoms with E-state index in [1.54, 1.807) is 6.92 Å². The molecule has 0 aliphatic heterocycles. The first-order valence-electron chi connectivity index (χ1n) is 5.02. The second-order valence-electron chi connectivity index (χ2n) is 5.08. The molecular weight excluding hydrogens is 180 g/mol. The van der Waals surface area contributed by atoms with Gasteiger partial charge in [-0.15, -0.1) is 0 Å². The number of esters is 1. The first-order chi connectivity index (χ1) is 6.26. The quantitative estimate of drug-likeness (QED) is 0.709. The fourth-order valence-corrected chi connectivity index (χ4v) is 1.50. The van der Waals surface area contributed by atoms with Gasteiger partial charge in [0.15, 0.2) is 0 Å². The van der Waals surface area contributed by atoms with E-state index < -0.39 is 6.10 Å². The SMILES string of the molecule is COC(=O)C(C)CC(O)CC(C)(C)C. The zero-order chi connectivity index (χ0) is 11.4. The van der Waals surface area contributed by atoms with Crippen molar-refractivity contribution in [3.05, 3.63) is 0 Å². The van der Waals surface area contributed by atoms with Gasteiger partial charge in [-0.05, 0) is 18.3 Å². The molecule has 14 heavy (non-hydrogen) atoms. The largest absolute Gasteiger partial charge is 0.469 e. The first-order valence-corrected chi connectivity index (χ1v) is 5.02. The highest BCUT2D eigenvalue weighted by molar-refractivity contribution is 5.71. The van der Waals surface area contributed by atoms with E-state index in [-0.39, 0.29) is 17.3 Å². The van der Waals surface area contributed by atoms with E-state index in [1.165, 1.54) is 7.11 Å². The summed E-state index contributed by atoms with van der Waals surface area (Å²) in [7, 11) is 1.37. The minimum absolute atomic E-state index is 0.0925. The van der Waals surface area contributed by atoms with E-state index in [4.69, 9.17) is 0 Å². The van der Waals surface area contributed by atoms with Gasteiger partial charge < -0.3 is 9.84 Å². The molecule has 3 nitrogen and oxygen atoms in total. The van der Waals surface area contributed by atoms with Gasteiger partial charge in [-0.3, -0.25) is 4.79 Å². The third-order valence-corrected chi connectivity index (χ3v) is 2.08. The topological polar surface area (TPSA) is 46.5 Å². The van der Waals surface area contributed by atoms with Crippen LogP contribution in [-0.2, 0) is 9.53 Å². The summed E-state index contributed by atoms with van der Waals surface area (Å²) in [6.45, 7) is 7.98. The molecule has 0 saturated carbocycles. The zero-order valence-electron chi connectivity index (χ0n) is 9.83. The van der Waals surface area contributed by atoms with Crippen molar-refractivity contribution in [3.63, 3.8) is 0 Å². The molecule has 3 heteroatoms. The van der Waals surface area contributed by atoms with E-state index in [9.17, 15) is 9.90 Å². The minimum atomic E-state index is -0.427. The van der Waals surface area contributed by atoms with Gasteiger partial charge in [0.1, 0.15) is 0 Å². The van der Waals surface area contributed by atoms with Crippen LogP contribution in [0.3, 0.4) is 0 Å². The number of ether oxygens (including phenoxy) is 1. The van der Waals surface area contributed by atoms with Crippen LogP contribution in [0.4, 0.5) is 0 Å². The molecule has 1 N–H and O–H groups in total. The Morgan fingerprint density at radius 2 is 1.93 bits per heavy atom. The third kappa shape index (κ3) is 5.97. The molecule has 0 aliphatic carbocycles. The molecule has 0 saturated heterocycles. The number of hydrogen-bond acceptors (Lipinski definition) is 3. The lowest BCUT2D eigenvalue weighted by atomic mass is 9.86. The van der Waals surface area contributed by atoms with Crippen molar-refractivity contribution in [1.29, 1.82) is 0 Å². The van der Waals surface area contributed by atoms with Crippen molar-refractivity contribution in [2.75, 3.05) is 7.11 Å². The summed E-state index contributed by atoms with van der Waals surface area (Å²) in [5, 5.41) is 9.69. The Kier molecular flexibility index (Phi) is 5.13. The van der Waals surface area contributed by atoms with Crippen LogP contribution in [-0.4, -0.2) is 24.3 Å². The second kappa shape index (κ2) is 5.35. The molecule has 0 bridgehead atoms. The summed E-state index contributed by atoms with van der Waals surface area (Å²) >= 11 is 0. The molecule has 0 spiro atoms. The molecule has 0 aliphatic rings. The van der Waals surface area contributed by atoms with Crippen molar-refractivity contribution in [1.82, 2.24) is 0 Å². The van der Waals surface area contributed by atoms with E-state index in [0.717, 1.165) is 0 Å². The van der Waals surface area contributed by atoms with Crippen molar-refractivity contribution in [2.45, 2.75) is 46.6 Å². The molecule has 0 aromatic rings. The van der Waals surface area contributed by atoms with Crippen LogP contribution in [0.1, 0.15) is 40.5 Å². The standard InChI is InChI=1S/C11H22O3/c1-8(10(13)14-5)6-9(12)7-11(2,3)4/h8-9,12H,6-7H2,1-5H3. The van der Waals surface area contributed by atoms with Crippen LogP contribution >= 0.6 is 0 Å². The smallest absolute Gasteiger partial charge is 0.308 e. The van der Waals surface area contributed by atoms with Crippen molar-refractivity contribution >= 4 is 5.97 Å². The van der Waals surface area contributed by atoms with Gasteiger partial charge in [-0.25, -0.2) is 0 Å². The van der Waals surface area contributed by atoms with Gasteiger partial charge in [0.25, 0.3) is 0 Å². The Morgan fingerprint density at radius 1 is 1.43 bits per heavy atom. The lowest BCUT2D eigenvalue weighted by Gasteiger charge is -2.23. The number of aliphatic hydroxyl groups excluding tert-OH is 1. The fraction of sp³-hybridized carbons (Fsp3) is 0.909. The molecule has 0 rings (SSSR count). The number of hydrogen-bond donors (Lipinski definition) is 1. The zero-order valence-corrected chi connectivity index (χ0v) is 9.83. The van der Waals surface area contributed by atoms with Crippen LogP contribution in [0, 0.1) is 11.3 Å². The van der Waals surface area contributed by atoms with Gasteiger partial charge in [0.2, 0.25) is 0 Å². The maximum atomic E-state index is 11.1. The summed E-state index contributed by atoms with van der Waals surface area (Å²) in [6.07, 6.45) is 0.752. The van der Waals surface area contributed by atoms with Gasteiger partial charge in [0.05, 0.1) is 19.1 Å². The lowest BCUT2D eigenvalue weighted by Crippen LogP contribution is -2.23. The average Bonchev–Trinajstić information content (AvgIpc) is 1.99. The Morgan fingerprint density at radius 3 is 2.29 bits per heavy atom. The Balaban J connectivity index is 3.94. The normalized spacial score (nSPS) is 16.1. The number of methoxy groups -OCH3 is 1. The van der Waals surface area contributed by atoms with Crippen LogP contribution in [0.2, 0.25) is 0 Å². The summed E-state index contributed by atoms with van der Waals surface area (Å²) < 4.78 is 4.59. The Bertz CT molecular complexity index is 181. The second-order valence-corrected chi connectivity index (χ2v) is 5.08. The van der Waals surface area contributed by atoms with Gasteiger partial charge >= 0.3 is 5.97 Å². The maximum Gasteiger partial charge on any atom is 0.308 e. The van der Waals surface area contributed by atoms with Gasteiger partial charge in [-0.1, -0.05) is 27.7 Å². The predicted octanol–water partition coefficient (Wildman–Crippen LogP) is 1.98. The number of aliphatic hydroxyl groups is 1. The average molecular weight is 202 g/mol. The van der Waals surface area contributed by atoms with E-state index in [0.29, 0.717) is 12.8 Å². The molecule has 2 atom stereocenters. The summed E-state index contributed by atoms with van der Waals surface area (Å²) in [5.74, 6) is -0.477. The highest BCUT2D eigenvalue weighted by Gasteiger charge is 2.22. The molecule has 0 heterocycles. The molecule has 2 unspecified atom stereocenters. The van der Waals surface area contributed by atoms with Gasteiger partial charge in [-0.2, -0.15) is 0 Å².